The van der Waals surface area contributed by atoms with Crippen molar-refractivity contribution < 1.29 is 23.8 Å². The van der Waals surface area contributed by atoms with Gasteiger partial charge in [0.05, 0.1) is 34.2 Å². The Labute approximate surface area is 230 Å². The Morgan fingerprint density at radius 3 is 2.16 bits per heavy atom. The number of amides is 1. The van der Waals surface area contributed by atoms with Crippen molar-refractivity contribution in [1.82, 2.24) is 5.32 Å². The molecule has 0 aliphatic heterocycles. The molecule has 2 rings (SSSR count). The van der Waals surface area contributed by atoms with Crippen LogP contribution in [0.2, 0.25) is 0 Å². The van der Waals surface area contributed by atoms with Crippen molar-refractivity contribution in [1.29, 1.82) is 0 Å². The molecule has 4 N–H and O–H groups in total. The van der Waals surface area contributed by atoms with Crippen LogP contribution in [0, 0.1) is 5.82 Å². The molecule has 0 spiro atoms. The zero-order valence-corrected chi connectivity index (χ0v) is 21.9. The number of benzene rings is 2. The molecule has 0 aliphatic rings. The third-order valence-corrected chi connectivity index (χ3v) is 5.86. The number of halogens is 3. The maximum absolute atomic E-state index is 13.2. The number of carbonyl (C=O) groups excluding carboxylic acids is 2. The van der Waals surface area contributed by atoms with Crippen LogP contribution in [0.1, 0.15) is 18.1 Å². The van der Waals surface area contributed by atoms with Crippen LogP contribution in [0.5, 0.6) is 0 Å². The van der Waals surface area contributed by atoms with Crippen LogP contribution in [0.25, 0.3) is 0 Å². The number of nitrogens with two attached hydrogens (primary N) is 1. The molecule has 192 valence electrons. The fraction of sp³-hybridized carbons (Fsp3) is 0.417. The second kappa shape index (κ2) is 13.6. The summed E-state index contributed by atoms with van der Waals surface area (Å²) < 4.78 is 16.6. The summed E-state index contributed by atoms with van der Waals surface area (Å²) in [6, 6.07) is 10.2. The molecule has 37 heavy (non-hydrogen) atoms. The first-order valence-electron chi connectivity index (χ1n) is 11.4. The lowest BCUT2D eigenvalue weighted by atomic mass is 9.68. The lowest BCUT2D eigenvalue weighted by Crippen LogP contribution is -2.56. The van der Waals surface area contributed by atoms with Gasteiger partial charge in [0.25, 0.3) is 0 Å². The van der Waals surface area contributed by atoms with Crippen LogP contribution in [0.3, 0.4) is 0 Å². The molecule has 1 amide bonds. The Bertz CT molecular complexity index is 1040. The second-order valence-corrected chi connectivity index (χ2v) is 9.62. The maximum Gasteiger partial charge on any atom is 0.328 e. The standard InChI is InChI=1S/C24H27B3Cl2FN3O4/c1-2-37-22(35)20(12-16-3-7-17(30)8-4-16)32-21(34)19(31)11-15-5-9-18(10-6-15)33(14-23(25,26)29)24(27,36)13-28/h3-10,19-20,36H,2,11-14,31H2,1H3,(H,32,34). The highest BCUT2D eigenvalue weighted by atomic mass is 35.5. The molecule has 7 nitrogen and oxygen atoms in total. The van der Waals surface area contributed by atoms with E-state index in [2.05, 4.69) is 5.32 Å². The fourth-order valence-corrected chi connectivity index (χ4v) is 3.76. The fourth-order valence-electron chi connectivity index (χ4n) is 3.50. The van der Waals surface area contributed by atoms with Crippen LogP contribution < -0.4 is 16.0 Å². The van der Waals surface area contributed by atoms with Crippen LogP contribution in [0.15, 0.2) is 48.5 Å². The quantitative estimate of drug-likeness (QED) is 0.151. The summed E-state index contributed by atoms with van der Waals surface area (Å²) in [5, 5.41) is 13.1. The molecular weight excluding hydrogens is 517 g/mol. The number of alkyl halides is 2. The van der Waals surface area contributed by atoms with Gasteiger partial charge < -0.3 is 25.8 Å². The Hall–Kier alpha value is -2.20. The van der Waals surface area contributed by atoms with Crippen LogP contribution >= 0.6 is 23.2 Å². The molecule has 3 unspecified atom stereocenters. The van der Waals surface area contributed by atoms with Crippen molar-refractivity contribution in [3.05, 3.63) is 65.5 Å². The molecular formula is C24H27B3Cl2FN3O4. The average molecular weight is 544 g/mol. The first-order valence-corrected chi connectivity index (χ1v) is 12.3. The highest BCUT2D eigenvalue weighted by Gasteiger charge is 2.32. The van der Waals surface area contributed by atoms with Gasteiger partial charge in [-0.25, -0.2) is 9.18 Å². The van der Waals surface area contributed by atoms with E-state index in [0.29, 0.717) is 16.8 Å². The largest absolute Gasteiger partial charge is 0.464 e. The first kappa shape index (κ1) is 31.0. The summed E-state index contributed by atoms with van der Waals surface area (Å²) in [6.07, 6.45) is 0.239. The van der Waals surface area contributed by atoms with Gasteiger partial charge in [-0.05, 0) is 53.4 Å². The maximum atomic E-state index is 13.2. The van der Waals surface area contributed by atoms with E-state index in [1.165, 1.54) is 29.2 Å². The molecule has 0 aliphatic carbocycles. The van der Waals surface area contributed by atoms with Crippen LogP contribution in [0.4, 0.5) is 10.1 Å². The minimum Gasteiger partial charge on any atom is -0.464 e. The van der Waals surface area contributed by atoms with Crippen LogP contribution in [-0.2, 0) is 27.2 Å². The smallest absolute Gasteiger partial charge is 0.328 e. The summed E-state index contributed by atoms with van der Waals surface area (Å²) in [6.45, 7) is 1.56. The van der Waals surface area contributed by atoms with E-state index in [4.69, 9.17) is 57.2 Å². The number of rotatable bonds is 13. The summed E-state index contributed by atoms with van der Waals surface area (Å²) in [4.78, 5) is 26.5. The van der Waals surface area contributed by atoms with Gasteiger partial charge in [-0.1, -0.05) is 24.3 Å². The SMILES string of the molecule is [B]C([B])(Cl)CN(c1ccc(CC(N)C(=O)NC(Cc2ccc(F)cc2)C(=O)OCC)cc1)C([B])(O)CCl. The number of esters is 1. The molecule has 2 aromatic rings. The Morgan fingerprint density at radius 1 is 1.11 bits per heavy atom. The van der Waals surface area contributed by atoms with Gasteiger partial charge in [-0.2, -0.15) is 0 Å². The van der Waals surface area contributed by atoms with Gasteiger partial charge >= 0.3 is 5.97 Å². The van der Waals surface area contributed by atoms with E-state index in [9.17, 15) is 19.1 Å². The van der Waals surface area contributed by atoms with E-state index in [-0.39, 0.29) is 31.9 Å². The summed E-state index contributed by atoms with van der Waals surface area (Å²) in [5.74, 6) is -1.96. The van der Waals surface area contributed by atoms with Crippen molar-refractivity contribution in [2.24, 2.45) is 5.73 Å². The topological polar surface area (TPSA) is 105 Å². The van der Waals surface area contributed by atoms with Gasteiger partial charge in [0.2, 0.25) is 5.91 Å². The summed E-state index contributed by atoms with van der Waals surface area (Å²) >= 11 is 11.7. The number of hydrogen-bond donors (Lipinski definition) is 3. The highest BCUT2D eigenvalue weighted by Crippen LogP contribution is 2.25. The van der Waals surface area contributed by atoms with Gasteiger partial charge in [-0.3, -0.25) is 4.79 Å². The zero-order valence-electron chi connectivity index (χ0n) is 20.4. The van der Waals surface area contributed by atoms with E-state index in [1.54, 1.807) is 31.2 Å². The number of nitrogens with zero attached hydrogens (tertiary/aromatic N) is 1. The van der Waals surface area contributed by atoms with Crippen molar-refractivity contribution in [3.8, 4) is 0 Å². The lowest BCUT2D eigenvalue weighted by Gasteiger charge is -2.42. The third-order valence-electron chi connectivity index (χ3n) is 5.35. The molecule has 0 fully saturated rings. The van der Waals surface area contributed by atoms with E-state index >= 15 is 0 Å². The molecule has 0 saturated carbocycles. The van der Waals surface area contributed by atoms with Gasteiger partial charge in [0.1, 0.15) is 25.3 Å². The monoisotopic (exact) mass is 543 g/mol. The zero-order chi connectivity index (χ0) is 27.8. The number of ether oxygens (including phenoxy) is 1. The Morgan fingerprint density at radius 2 is 1.65 bits per heavy atom. The van der Waals surface area contributed by atoms with E-state index in [1.807, 2.05) is 0 Å². The number of carbonyl (C=O) groups is 2. The minimum atomic E-state index is -1.98. The third kappa shape index (κ3) is 9.89. The van der Waals surface area contributed by atoms with Gasteiger partial charge in [0, 0.05) is 18.7 Å². The minimum absolute atomic E-state index is 0.106. The number of aliphatic hydroxyl groups is 1. The van der Waals surface area contributed by atoms with Crippen molar-refractivity contribution >= 4 is 64.3 Å². The second-order valence-electron chi connectivity index (χ2n) is 8.65. The molecule has 3 atom stereocenters. The predicted octanol–water partition coefficient (Wildman–Crippen LogP) is 1.08. The number of hydrogen-bond acceptors (Lipinski definition) is 6. The number of anilines is 1. The van der Waals surface area contributed by atoms with Gasteiger partial charge in [-0.15, -0.1) is 23.2 Å². The highest BCUT2D eigenvalue weighted by molar-refractivity contribution is 6.62. The van der Waals surface area contributed by atoms with Gasteiger partial charge in [0.15, 0.2) is 0 Å². The molecule has 0 heterocycles. The summed E-state index contributed by atoms with van der Waals surface area (Å²) in [7, 11) is 17.2. The van der Waals surface area contributed by atoms with E-state index < -0.39 is 40.1 Å². The summed E-state index contributed by atoms with van der Waals surface area (Å²) in [5.41, 5.74) is 5.87. The van der Waals surface area contributed by atoms with Crippen molar-refractivity contribution in [2.45, 2.75) is 42.1 Å². The average Bonchev–Trinajstić information content (AvgIpc) is 2.83. The molecule has 2 aromatic carbocycles. The normalized spacial score (nSPS) is 14.8. The first-order chi connectivity index (χ1) is 17.3. The van der Waals surface area contributed by atoms with E-state index in [0.717, 1.165) is 0 Å². The molecule has 0 bridgehead atoms. The predicted molar refractivity (Wildman–Crippen MR) is 146 cm³/mol. The Kier molecular flexibility index (Phi) is 11.4. The molecule has 0 aromatic heterocycles. The lowest BCUT2D eigenvalue weighted by molar-refractivity contribution is -0.147. The molecule has 13 heteroatoms. The molecule has 6 radical (unpaired) electrons. The Balaban J connectivity index is 2.11. The van der Waals surface area contributed by atoms with Crippen molar-refractivity contribution in [3.63, 3.8) is 0 Å². The number of nitrogens with one attached hydrogen (secondary N) is 1. The van der Waals surface area contributed by atoms with Crippen LogP contribution in [-0.4, -0.2) is 81.9 Å². The molecule has 0 saturated heterocycles. The van der Waals surface area contributed by atoms with Crippen molar-refractivity contribution in [2.75, 3.05) is 23.9 Å².